The Labute approximate surface area is 82.9 Å². The lowest BCUT2D eigenvalue weighted by Crippen LogP contribution is -2.34. The van der Waals surface area contributed by atoms with Crippen molar-refractivity contribution < 1.29 is 8.42 Å². The monoisotopic (exact) mass is 218 g/mol. The van der Waals surface area contributed by atoms with Crippen molar-refractivity contribution in [1.29, 1.82) is 0 Å². The van der Waals surface area contributed by atoms with Gasteiger partial charge in [-0.05, 0) is 26.0 Å². The highest BCUT2D eigenvalue weighted by atomic mass is 32.2. The Hall–Kier alpha value is -0.920. The molecule has 0 spiro atoms. The van der Waals surface area contributed by atoms with Gasteiger partial charge in [0.25, 0.3) is 10.0 Å². The van der Waals surface area contributed by atoms with Gasteiger partial charge in [-0.2, -0.15) is 5.10 Å². The van der Waals surface area contributed by atoms with Crippen LogP contribution < -0.4 is 10.5 Å². The highest BCUT2D eigenvalue weighted by Gasteiger charge is 2.17. The lowest BCUT2D eigenvalue weighted by molar-refractivity contribution is 0.546. The van der Waals surface area contributed by atoms with Gasteiger partial charge in [0.1, 0.15) is 0 Å². The minimum atomic E-state index is -3.46. The zero-order chi connectivity index (χ0) is 10.6. The Balaban J connectivity index is 2.68. The number of rotatable bonds is 5. The predicted molar refractivity (Wildman–Crippen MR) is 52.0 cm³/mol. The summed E-state index contributed by atoms with van der Waals surface area (Å²) in [5.41, 5.74) is 5.31. The molecule has 0 aliphatic heterocycles. The fraction of sp³-hybridized carbons (Fsp3) is 0.571. The first-order valence-electron chi connectivity index (χ1n) is 4.28. The fourth-order valence-corrected chi connectivity index (χ4v) is 2.22. The molecule has 0 aliphatic rings. The molecule has 1 rings (SSSR count). The van der Waals surface area contributed by atoms with Crippen LogP contribution in [0.5, 0.6) is 0 Å². The molecular weight excluding hydrogens is 204 g/mol. The van der Waals surface area contributed by atoms with E-state index in [-0.39, 0.29) is 11.1 Å². The summed E-state index contributed by atoms with van der Waals surface area (Å²) in [7, 11) is -3.46. The molecule has 0 fully saturated rings. The molecule has 6 nitrogen and oxygen atoms in total. The number of sulfonamides is 1. The Bertz CT molecular complexity index is 359. The van der Waals surface area contributed by atoms with Crippen molar-refractivity contribution in [2.45, 2.75) is 24.4 Å². The van der Waals surface area contributed by atoms with Gasteiger partial charge in [0, 0.05) is 6.04 Å². The first-order valence-corrected chi connectivity index (χ1v) is 5.76. The van der Waals surface area contributed by atoms with Crippen LogP contribution in [0.1, 0.15) is 13.3 Å². The number of nitrogens with two attached hydrogens (primary N) is 1. The maximum atomic E-state index is 11.6. The van der Waals surface area contributed by atoms with E-state index in [0.717, 1.165) is 0 Å². The van der Waals surface area contributed by atoms with Crippen molar-refractivity contribution in [3.63, 3.8) is 0 Å². The quantitative estimate of drug-likeness (QED) is 0.615. The molecule has 7 heteroatoms. The number of hydrogen-bond acceptors (Lipinski definition) is 4. The topological polar surface area (TPSA) is 101 Å². The maximum absolute atomic E-state index is 11.6. The molecule has 1 aromatic heterocycles. The molecule has 1 unspecified atom stereocenters. The molecule has 0 saturated carbocycles. The molecule has 14 heavy (non-hydrogen) atoms. The highest BCUT2D eigenvalue weighted by Crippen LogP contribution is 2.04. The molecule has 80 valence electrons. The van der Waals surface area contributed by atoms with Crippen LogP contribution in [0.3, 0.4) is 0 Å². The van der Waals surface area contributed by atoms with Crippen LogP contribution in [0, 0.1) is 0 Å². The maximum Gasteiger partial charge on any atom is 0.257 e. The summed E-state index contributed by atoms with van der Waals surface area (Å²) >= 11 is 0. The van der Waals surface area contributed by atoms with Crippen LogP contribution in [0.4, 0.5) is 0 Å². The van der Waals surface area contributed by atoms with Gasteiger partial charge in [-0.15, -0.1) is 0 Å². The van der Waals surface area contributed by atoms with E-state index in [1.54, 1.807) is 6.92 Å². The van der Waals surface area contributed by atoms with E-state index >= 15 is 0 Å². The van der Waals surface area contributed by atoms with E-state index in [0.29, 0.717) is 13.0 Å². The summed E-state index contributed by atoms with van der Waals surface area (Å²) in [6.07, 6.45) is 2.00. The van der Waals surface area contributed by atoms with Gasteiger partial charge in [-0.25, -0.2) is 13.1 Å². The summed E-state index contributed by atoms with van der Waals surface area (Å²) in [6, 6.07) is 1.23. The molecule has 1 aromatic rings. The van der Waals surface area contributed by atoms with E-state index in [1.807, 2.05) is 0 Å². The highest BCUT2D eigenvalue weighted by molar-refractivity contribution is 7.89. The number of aromatic nitrogens is 2. The third-order valence-electron chi connectivity index (χ3n) is 1.72. The van der Waals surface area contributed by atoms with Gasteiger partial charge < -0.3 is 5.73 Å². The number of nitrogens with zero attached hydrogens (tertiary/aromatic N) is 1. The second kappa shape index (κ2) is 4.54. The van der Waals surface area contributed by atoms with Gasteiger partial charge in [0.2, 0.25) is 0 Å². The zero-order valence-corrected chi connectivity index (χ0v) is 8.71. The van der Waals surface area contributed by atoms with Crippen molar-refractivity contribution in [3.05, 3.63) is 12.3 Å². The predicted octanol–water partition coefficient (Wildman–Crippen LogP) is -0.575. The second-order valence-electron chi connectivity index (χ2n) is 3.02. The first-order chi connectivity index (χ1) is 6.56. The second-order valence-corrected chi connectivity index (χ2v) is 4.70. The lowest BCUT2D eigenvalue weighted by atomic mass is 10.3. The number of H-pyrrole nitrogens is 1. The van der Waals surface area contributed by atoms with Crippen molar-refractivity contribution in [3.8, 4) is 0 Å². The zero-order valence-electron chi connectivity index (χ0n) is 7.90. The Morgan fingerprint density at radius 3 is 2.93 bits per heavy atom. The summed E-state index contributed by atoms with van der Waals surface area (Å²) < 4.78 is 25.6. The van der Waals surface area contributed by atoms with Gasteiger partial charge in [-0.3, -0.25) is 5.10 Å². The van der Waals surface area contributed by atoms with E-state index in [4.69, 9.17) is 5.73 Å². The van der Waals surface area contributed by atoms with Crippen molar-refractivity contribution >= 4 is 10.0 Å². The molecule has 0 bridgehead atoms. The fourth-order valence-electron chi connectivity index (χ4n) is 1.03. The summed E-state index contributed by atoms with van der Waals surface area (Å²) in [5.74, 6) is 0. The van der Waals surface area contributed by atoms with Crippen LogP contribution in [-0.2, 0) is 10.0 Å². The molecule has 0 aliphatic carbocycles. The average molecular weight is 218 g/mol. The van der Waals surface area contributed by atoms with Crippen molar-refractivity contribution in [2.75, 3.05) is 6.54 Å². The van der Waals surface area contributed by atoms with E-state index in [9.17, 15) is 8.42 Å². The number of aromatic amines is 1. The average Bonchev–Trinajstić information content (AvgIpc) is 2.54. The molecule has 0 amide bonds. The van der Waals surface area contributed by atoms with E-state index in [2.05, 4.69) is 14.9 Å². The van der Waals surface area contributed by atoms with Crippen LogP contribution in [-0.4, -0.2) is 31.2 Å². The van der Waals surface area contributed by atoms with Crippen LogP contribution >= 0.6 is 0 Å². The molecular formula is C7H14N4O2S. The minimum Gasteiger partial charge on any atom is -0.330 e. The Kier molecular flexibility index (Phi) is 3.62. The smallest absolute Gasteiger partial charge is 0.257 e. The van der Waals surface area contributed by atoms with E-state index < -0.39 is 10.0 Å². The first kappa shape index (κ1) is 11.2. The van der Waals surface area contributed by atoms with E-state index in [1.165, 1.54) is 12.3 Å². The molecule has 1 atom stereocenters. The third-order valence-corrected chi connectivity index (χ3v) is 3.24. The SMILES string of the molecule is CC(CCN)NS(=O)(=O)c1ccn[nH]1. The summed E-state index contributed by atoms with van der Waals surface area (Å²) in [6.45, 7) is 2.22. The van der Waals surface area contributed by atoms with Gasteiger partial charge in [0.15, 0.2) is 5.03 Å². The van der Waals surface area contributed by atoms with Crippen LogP contribution in [0.15, 0.2) is 17.3 Å². The molecule has 0 saturated heterocycles. The number of nitrogens with one attached hydrogen (secondary N) is 2. The summed E-state index contributed by atoms with van der Waals surface area (Å²) in [4.78, 5) is 0. The van der Waals surface area contributed by atoms with Crippen LogP contribution in [0.25, 0.3) is 0 Å². The largest absolute Gasteiger partial charge is 0.330 e. The lowest BCUT2D eigenvalue weighted by Gasteiger charge is -2.11. The molecule has 1 heterocycles. The van der Waals surface area contributed by atoms with Gasteiger partial charge in [-0.1, -0.05) is 0 Å². The van der Waals surface area contributed by atoms with Gasteiger partial charge in [0.05, 0.1) is 6.20 Å². The standard InChI is InChI=1S/C7H14N4O2S/c1-6(2-4-8)11-14(12,13)7-3-5-9-10-7/h3,5-6,11H,2,4,8H2,1H3,(H,9,10). The number of hydrogen-bond donors (Lipinski definition) is 3. The van der Waals surface area contributed by atoms with Gasteiger partial charge >= 0.3 is 0 Å². The van der Waals surface area contributed by atoms with Crippen molar-refractivity contribution in [2.24, 2.45) is 5.73 Å². The van der Waals surface area contributed by atoms with Crippen LogP contribution in [0.2, 0.25) is 0 Å². The molecule has 0 aromatic carbocycles. The Morgan fingerprint density at radius 2 is 2.43 bits per heavy atom. The minimum absolute atomic E-state index is 0.0707. The van der Waals surface area contributed by atoms with Crippen molar-refractivity contribution in [1.82, 2.24) is 14.9 Å². The Morgan fingerprint density at radius 1 is 1.71 bits per heavy atom. The normalized spacial score (nSPS) is 14.1. The summed E-state index contributed by atoms with van der Waals surface area (Å²) in [5, 5.41) is 6.04. The molecule has 0 radical (unpaired) electrons. The molecule has 4 N–H and O–H groups in total. The third kappa shape index (κ3) is 2.79.